The summed E-state index contributed by atoms with van der Waals surface area (Å²) in [5, 5.41) is 0.760. The van der Waals surface area contributed by atoms with Gasteiger partial charge >= 0.3 is 5.97 Å². The summed E-state index contributed by atoms with van der Waals surface area (Å²) in [6.07, 6.45) is 1.37. The van der Waals surface area contributed by atoms with E-state index in [1.54, 1.807) is 11.8 Å². The predicted molar refractivity (Wildman–Crippen MR) is 106 cm³/mol. The fourth-order valence-electron chi connectivity index (χ4n) is 3.54. The zero-order chi connectivity index (χ0) is 19.7. The number of hydrogen-bond donors (Lipinski definition) is 0. The highest BCUT2D eigenvalue weighted by Gasteiger charge is 2.30. The van der Waals surface area contributed by atoms with Gasteiger partial charge in [-0.05, 0) is 59.6 Å². The standard InChI is InChI=1S/C22H28N2O3/c1-13(2)24(14(3)4)21(25)15(5)27-22(26)18-12-20(16-10-11-16)23-19-9-7-6-8-17(18)19/h6-9,12-16H,10-11H2,1-5H3/t15-/m1/s1. The van der Waals surface area contributed by atoms with Crippen LogP contribution in [0.2, 0.25) is 0 Å². The first-order valence-electron chi connectivity index (χ1n) is 9.72. The van der Waals surface area contributed by atoms with Crippen LogP contribution >= 0.6 is 0 Å². The lowest BCUT2D eigenvalue weighted by Gasteiger charge is -2.32. The molecule has 1 saturated carbocycles. The van der Waals surface area contributed by atoms with E-state index in [0.29, 0.717) is 11.5 Å². The van der Waals surface area contributed by atoms with Crippen molar-refractivity contribution in [3.8, 4) is 0 Å². The van der Waals surface area contributed by atoms with Gasteiger partial charge in [0.25, 0.3) is 5.91 Å². The van der Waals surface area contributed by atoms with Crippen molar-refractivity contribution in [3.63, 3.8) is 0 Å². The highest BCUT2D eigenvalue weighted by atomic mass is 16.5. The number of fused-ring (bicyclic) bond motifs is 1. The van der Waals surface area contributed by atoms with E-state index in [1.807, 2.05) is 58.0 Å². The summed E-state index contributed by atoms with van der Waals surface area (Å²) in [6.45, 7) is 9.49. The Bertz CT molecular complexity index is 848. The van der Waals surface area contributed by atoms with Gasteiger partial charge in [0.15, 0.2) is 6.10 Å². The first-order chi connectivity index (χ1) is 12.8. The van der Waals surface area contributed by atoms with Gasteiger partial charge in [0.2, 0.25) is 0 Å². The smallest absolute Gasteiger partial charge is 0.339 e. The third kappa shape index (κ3) is 4.12. The van der Waals surface area contributed by atoms with Crippen molar-refractivity contribution in [1.29, 1.82) is 0 Å². The Morgan fingerprint density at radius 2 is 1.70 bits per heavy atom. The van der Waals surface area contributed by atoms with Gasteiger partial charge < -0.3 is 9.64 Å². The van der Waals surface area contributed by atoms with Gasteiger partial charge in [-0.3, -0.25) is 9.78 Å². The fraction of sp³-hybridized carbons (Fsp3) is 0.500. The zero-order valence-corrected chi connectivity index (χ0v) is 16.7. The molecule has 0 spiro atoms. The Hall–Kier alpha value is -2.43. The SMILES string of the molecule is CC(C)N(C(=O)[C@@H](C)OC(=O)c1cc(C2CC2)nc2ccccc12)C(C)C. The summed E-state index contributed by atoms with van der Waals surface area (Å²) in [4.78, 5) is 32.1. The van der Waals surface area contributed by atoms with Crippen molar-refractivity contribution in [1.82, 2.24) is 9.88 Å². The molecular weight excluding hydrogens is 340 g/mol. The highest BCUT2D eigenvalue weighted by molar-refractivity contribution is 6.04. The van der Waals surface area contributed by atoms with Gasteiger partial charge in [0.05, 0.1) is 11.1 Å². The highest BCUT2D eigenvalue weighted by Crippen LogP contribution is 2.40. The molecule has 1 aliphatic rings. The molecule has 0 radical (unpaired) electrons. The van der Waals surface area contributed by atoms with E-state index >= 15 is 0 Å². The number of aromatic nitrogens is 1. The normalized spacial score (nSPS) is 15.2. The number of esters is 1. The lowest BCUT2D eigenvalue weighted by atomic mass is 10.1. The molecule has 1 aromatic heterocycles. The minimum absolute atomic E-state index is 0.0434. The number of para-hydroxylation sites is 1. The van der Waals surface area contributed by atoms with Gasteiger partial charge in [-0.25, -0.2) is 4.79 Å². The predicted octanol–water partition coefficient (Wildman–Crippen LogP) is 4.30. The van der Waals surface area contributed by atoms with Crippen molar-refractivity contribution < 1.29 is 14.3 Å². The van der Waals surface area contributed by atoms with E-state index in [2.05, 4.69) is 4.98 Å². The van der Waals surface area contributed by atoms with Crippen molar-refractivity contribution in [2.24, 2.45) is 0 Å². The van der Waals surface area contributed by atoms with Crippen molar-refractivity contribution >= 4 is 22.8 Å². The Morgan fingerprint density at radius 3 is 2.30 bits per heavy atom. The Kier molecular flexibility index (Phi) is 5.49. The second-order valence-corrected chi connectivity index (χ2v) is 7.87. The Labute approximate surface area is 160 Å². The van der Waals surface area contributed by atoms with Crippen LogP contribution in [0.1, 0.15) is 69.4 Å². The van der Waals surface area contributed by atoms with Crippen molar-refractivity contribution in [3.05, 3.63) is 41.6 Å². The number of ether oxygens (including phenoxy) is 1. The number of hydrogen-bond acceptors (Lipinski definition) is 4. The molecule has 1 aliphatic carbocycles. The summed E-state index contributed by atoms with van der Waals surface area (Å²) < 4.78 is 5.58. The maximum atomic E-state index is 12.9. The van der Waals surface area contributed by atoms with Gasteiger partial charge in [-0.15, -0.1) is 0 Å². The van der Waals surface area contributed by atoms with Crippen LogP contribution in [0.5, 0.6) is 0 Å². The number of benzene rings is 1. The Morgan fingerprint density at radius 1 is 1.07 bits per heavy atom. The molecule has 1 amide bonds. The lowest BCUT2D eigenvalue weighted by molar-refractivity contribution is -0.143. The lowest BCUT2D eigenvalue weighted by Crippen LogP contribution is -2.47. The summed E-state index contributed by atoms with van der Waals surface area (Å²) in [7, 11) is 0. The molecule has 5 nitrogen and oxygen atoms in total. The van der Waals surface area contributed by atoms with E-state index in [-0.39, 0.29) is 18.0 Å². The first-order valence-corrected chi connectivity index (χ1v) is 9.72. The zero-order valence-electron chi connectivity index (χ0n) is 16.7. The van der Waals surface area contributed by atoms with Crippen LogP contribution in [0, 0.1) is 0 Å². The van der Waals surface area contributed by atoms with E-state index in [1.165, 1.54) is 0 Å². The molecule has 0 bridgehead atoms. The Balaban J connectivity index is 1.86. The number of rotatable bonds is 6. The largest absolute Gasteiger partial charge is 0.449 e. The number of carbonyl (C=O) groups is 2. The van der Waals surface area contributed by atoms with Gasteiger partial charge in [0.1, 0.15) is 0 Å². The number of nitrogens with zero attached hydrogens (tertiary/aromatic N) is 2. The van der Waals surface area contributed by atoms with Gasteiger partial charge in [-0.1, -0.05) is 18.2 Å². The molecule has 0 unspecified atom stereocenters. The molecule has 1 fully saturated rings. The maximum absolute atomic E-state index is 12.9. The van der Waals surface area contributed by atoms with Crippen LogP contribution in [-0.2, 0) is 9.53 Å². The first kappa shape index (κ1) is 19.3. The average Bonchev–Trinajstić information content (AvgIpc) is 3.45. The second-order valence-electron chi connectivity index (χ2n) is 7.87. The third-order valence-electron chi connectivity index (χ3n) is 4.95. The van der Waals surface area contributed by atoms with Gasteiger partial charge in [-0.2, -0.15) is 0 Å². The topological polar surface area (TPSA) is 59.5 Å². The van der Waals surface area contributed by atoms with Crippen LogP contribution in [0.4, 0.5) is 0 Å². The summed E-state index contributed by atoms with van der Waals surface area (Å²) in [5.74, 6) is -0.212. The summed E-state index contributed by atoms with van der Waals surface area (Å²) >= 11 is 0. The van der Waals surface area contributed by atoms with Crippen molar-refractivity contribution in [2.45, 2.75) is 71.6 Å². The number of carbonyl (C=O) groups excluding carboxylic acids is 2. The molecule has 3 rings (SSSR count). The molecule has 2 aromatic rings. The average molecular weight is 368 g/mol. The molecule has 144 valence electrons. The molecule has 0 N–H and O–H groups in total. The fourth-order valence-corrected chi connectivity index (χ4v) is 3.54. The van der Waals surface area contributed by atoms with Gasteiger partial charge in [0, 0.05) is 29.1 Å². The molecule has 5 heteroatoms. The maximum Gasteiger partial charge on any atom is 0.339 e. The van der Waals surface area contributed by atoms with E-state index < -0.39 is 12.1 Å². The number of amides is 1. The monoisotopic (exact) mass is 368 g/mol. The molecule has 1 aromatic carbocycles. The van der Waals surface area contributed by atoms with Crippen LogP contribution in [0.15, 0.2) is 30.3 Å². The molecule has 27 heavy (non-hydrogen) atoms. The molecule has 0 aliphatic heterocycles. The molecular formula is C22H28N2O3. The van der Waals surface area contributed by atoms with Crippen LogP contribution < -0.4 is 0 Å². The summed E-state index contributed by atoms with van der Waals surface area (Å²) in [6, 6.07) is 9.50. The van der Waals surface area contributed by atoms with Crippen LogP contribution in [0.3, 0.4) is 0 Å². The van der Waals surface area contributed by atoms with E-state index in [4.69, 9.17) is 4.74 Å². The molecule has 1 atom stereocenters. The van der Waals surface area contributed by atoms with Crippen LogP contribution in [-0.4, -0.2) is 39.9 Å². The van der Waals surface area contributed by atoms with Crippen molar-refractivity contribution in [2.75, 3.05) is 0 Å². The minimum atomic E-state index is -0.835. The van der Waals surface area contributed by atoms with E-state index in [0.717, 1.165) is 29.4 Å². The number of pyridine rings is 1. The second kappa shape index (κ2) is 7.67. The third-order valence-corrected chi connectivity index (χ3v) is 4.95. The quantitative estimate of drug-likeness (QED) is 0.713. The minimum Gasteiger partial charge on any atom is -0.449 e. The summed E-state index contributed by atoms with van der Waals surface area (Å²) in [5.41, 5.74) is 2.22. The van der Waals surface area contributed by atoms with Crippen LogP contribution in [0.25, 0.3) is 10.9 Å². The molecule has 1 heterocycles. The molecule has 0 saturated heterocycles. The van der Waals surface area contributed by atoms with E-state index in [9.17, 15) is 9.59 Å².